The predicted molar refractivity (Wildman–Crippen MR) is 128 cm³/mol. The predicted octanol–water partition coefficient (Wildman–Crippen LogP) is 4.55. The van der Waals surface area contributed by atoms with E-state index in [4.69, 9.17) is 14.2 Å². The number of benzene rings is 3. The Kier molecular flexibility index (Phi) is 6.72. The first-order chi connectivity index (χ1) is 16.4. The molecule has 2 N–H and O–H groups in total. The molecule has 7 heteroatoms. The van der Waals surface area contributed by atoms with Crippen LogP contribution in [-0.2, 0) is 16.0 Å². The van der Waals surface area contributed by atoms with Crippen LogP contribution in [0.3, 0.4) is 0 Å². The fourth-order valence-electron chi connectivity index (χ4n) is 4.60. The van der Waals surface area contributed by atoms with Gasteiger partial charge < -0.3 is 24.6 Å². The van der Waals surface area contributed by atoms with E-state index in [1.54, 1.807) is 19.2 Å². The lowest BCUT2D eigenvalue weighted by Crippen LogP contribution is -2.43. The zero-order valence-electron chi connectivity index (χ0n) is 19.3. The van der Waals surface area contributed by atoms with E-state index in [9.17, 15) is 14.7 Å². The molecule has 176 valence electrons. The van der Waals surface area contributed by atoms with Crippen LogP contribution >= 0.6 is 0 Å². The van der Waals surface area contributed by atoms with E-state index in [-0.39, 0.29) is 18.9 Å². The van der Waals surface area contributed by atoms with Crippen molar-refractivity contribution in [1.29, 1.82) is 0 Å². The molecule has 0 bridgehead atoms. The van der Waals surface area contributed by atoms with Gasteiger partial charge in [-0.05, 0) is 40.8 Å². The lowest BCUT2D eigenvalue weighted by molar-refractivity contribution is -0.139. The van der Waals surface area contributed by atoms with Crippen LogP contribution in [0.15, 0.2) is 60.7 Å². The standard InChI is InChI=1S/C27H27NO6/c1-16-24(32-2)13-12-17(25(16)33-3)14-23(26(29)30)28-27(31)34-15-22-20-10-6-4-8-18(20)19-9-5-7-11-21(19)22/h4-13,22-23H,14-15H2,1-3H3,(H,28,31)(H,29,30). The molecule has 0 heterocycles. The molecule has 0 aromatic heterocycles. The highest BCUT2D eigenvalue weighted by atomic mass is 16.5. The maximum Gasteiger partial charge on any atom is 0.407 e. The Balaban J connectivity index is 1.46. The van der Waals surface area contributed by atoms with Crippen LogP contribution in [0.4, 0.5) is 4.79 Å². The van der Waals surface area contributed by atoms with Crippen molar-refractivity contribution in [2.75, 3.05) is 20.8 Å². The van der Waals surface area contributed by atoms with Crippen LogP contribution in [0.25, 0.3) is 11.1 Å². The molecule has 1 atom stereocenters. The van der Waals surface area contributed by atoms with Gasteiger partial charge in [0, 0.05) is 17.9 Å². The number of aliphatic carboxylic acids is 1. The van der Waals surface area contributed by atoms with Gasteiger partial charge in [-0.15, -0.1) is 0 Å². The van der Waals surface area contributed by atoms with Gasteiger partial charge >= 0.3 is 12.1 Å². The number of ether oxygens (including phenoxy) is 3. The minimum absolute atomic E-state index is 0.0353. The summed E-state index contributed by atoms with van der Waals surface area (Å²) in [5.74, 6) is -0.105. The molecule has 0 fully saturated rings. The second kappa shape index (κ2) is 9.87. The van der Waals surface area contributed by atoms with E-state index in [0.717, 1.165) is 27.8 Å². The number of rotatable bonds is 8. The molecule has 0 saturated carbocycles. The van der Waals surface area contributed by atoms with E-state index in [1.165, 1.54) is 7.11 Å². The minimum atomic E-state index is -1.18. The van der Waals surface area contributed by atoms with Gasteiger partial charge in [-0.1, -0.05) is 54.6 Å². The zero-order chi connectivity index (χ0) is 24.2. The molecule has 0 radical (unpaired) electrons. The van der Waals surface area contributed by atoms with Crippen molar-refractivity contribution in [1.82, 2.24) is 5.32 Å². The van der Waals surface area contributed by atoms with Crippen LogP contribution in [0.2, 0.25) is 0 Å². The molecule has 0 spiro atoms. The van der Waals surface area contributed by atoms with Crippen molar-refractivity contribution in [3.8, 4) is 22.6 Å². The van der Waals surface area contributed by atoms with Crippen molar-refractivity contribution in [3.05, 3.63) is 82.9 Å². The number of hydrogen-bond donors (Lipinski definition) is 2. The quantitative estimate of drug-likeness (QED) is 0.511. The average molecular weight is 462 g/mol. The molecular weight excluding hydrogens is 434 g/mol. The molecule has 3 aromatic carbocycles. The van der Waals surface area contributed by atoms with Gasteiger partial charge in [-0.25, -0.2) is 9.59 Å². The number of fused-ring (bicyclic) bond motifs is 3. The second-order valence-electron chi connectivity index (χ2n) is 8.15. The lowest BCUT2D eigenvalue weighted by Gasteiger charge is -2.19. The van der Waals surface area contributed by atoms with Crippen LogP contribution in [0.1, 0.15) is 28.2 Å². The summed E-state index contributed by atoms with van der Waals surface area (Å²) in [5, 5.41) is 12.2. The lowest BCUT2D eigenvalue weighted by atomic mass is 9.98. The number of nitrogens with one attached hydrogen (secondary N) is 1. The van der Waals surface area contributed by atoms with E-state index >= 15 is 0 Å². The first-order valence-electron chi connectivity index (χ1n) is 11.0. The fourth-order valence-corrected chi connectivity index (χ4v) is 4.60. The number of methoxy groups -OCH3 is 2. The summed E-state index contributed by atoms with van der Waals surface area (Å²) in [6.45, 7) is 1.94. The largest absolute Gasteiger partial charge is 0.496 e. The number of carbonyl (C=O) groups excluding carboxylic acids is 1. The Bertz CT molecular complexity index is 1180. The molecule has 34 heavy (non-hydrogen) atoms. The number of carbonyl (C=O) groups is 2. The highest BCUT2D eigenvalue weighted by Gasteiger charge is 2.30. The molecule has 1 aliphatic rings. The Morgan fingerprint density at radius 1 is 0.941 bits per heavy atom. The molecule has 1 unspecified atom stereocenters. The molecule has 1 amide bonds. The maximum absolute atomic E-state index is 12.6. The molecular formula is C27H27NO6. The third-order valence-corrected chi connectivity index (χ3v) is 6.22. The van der Waals surface area contributed by atoms with E-state index in [2.05, 4.69) is 17.4 Å². The summed E-state index contributed by atoms with van der Waals surface area (Å²) in [5.41, 5.74) is 5.82. The average Bonchev–Trinajstić information content (AvgIpc) is 3.16. The van der Waals surface area contributed by atoms with Gasteiger partial charge in [0.2, 0.25) is 0 Å². The number of carboxylic acids is 1. The van der Waals surface area contributed by atoms with E-state index in [0.29, 0.717) is 17.1 Å². The molecule has 1 aliphatic carbocycles. The number of alkyl carbamates (subject to hydrolysis) is 1. The Hall–Kier alpha value is -4.00. The topological polar surface area (TPSA) is 94.1 Å². The Morgan fingerprint density at radius 2 is 1.56 bits per heavy atom. The monoisotopic (exact) mass is 461 g/mol. The third-order valence-electron chi connectivity index (χ3n) is 6.22. The molecule has 0 aliphatic heterocycles. The third kappa shape index (κ3) is 4.41. The van der Waals surface area contributed by atoms with Gasteiger partial charge in [-0.2, -0.15) is 0 Å². The summed E-state index contributed by atoms with van der Waals surface area (Å²) in [7, 11) is 3.07. The number of amides is 1. The van der Waals surface area contributed by atoms with E-state index in [1.807, 2.05) is 43.3 Å². The van der Waals surface area contributed by atoms with Crippen molar-refractivity contribution >= 4 is 12.1 Å². The highest BCUT2D eigenvalue weighted by molar-refractivity contribution is 5.81. The van der Waals surface area contributed by atoms with Crippen LogP contribution in [0, 0.1) is 6.92 Å². The number of carboxylic acid groups (broad SMARTS) is 1. The highest BCUT2D eigenvalue weighted by Crippen LogP contribution is 2.44. The van der Waals surface area contributed by atoms with Crippen LogP contribution < -0.4 is 14.8 Å². The smallest absolute Gasteiger partial charge is 0.407 e. The van der Waals surface area contributed by atoms with Gasteiger partial charge in [0.15, 0.2) is 0 Å². The van der Waals surface area contributed by atoms with E-state index < -0.39 is 18.1 Å². The summed E-state index contributed by atoms with van der Waals surface area (Å²) >= 11 is 0. The Labute approximate surface area is 198 Å². The molecule has 3 aromatic rings. The normalized spacial score (nSPS) is 12.9. The van der Waals surface area contributed by atoms with Crippen molar-refractivity contribution in [2.45, 2.75) is 25.3 Å². The Morgan fingerprint density at radius 3 is 2.12 bits per heavy atom. The fraction of sp³-hybridized carbons (Fsp3) is 0.259. The molecule has 4 rings (SSSR count). The minimum Gasteiger partial charge on any atom is -0.496 e. The van der Waals surface area contributed by atoms with Crippen LogP contribution in [0.5, 0.6) is 11.5 Å². The van der Waals surface area contributed by atoms with Gasteiger partial charge in [0.1, 0.15) is 24.1 Å². The summed E-state index contributed by atoms with van der Waals surface area (Å²) < 4.78 is 16.3. The maximum atomic E-state index is 12.6. The second-order valence-corrected chi connectivity index (χ2v) is 8.15. The summed E-state index contributed by atoms with van der Waals surface area (Å²) in [6, 6.07) is 18.4. The van der Waals surface area contributed by atoms with Crippen LogP contribution in [-0.4, -0.2) is 44.0 Å². The van der Waals surface area contributed by atoms with Gasteiger partial charge in [0.05, 0.1) is 14.2 Å². The van der Waals surface area contributed by atoms with Crippen molar-refractivity contribution in [2.24, 2.45) is 0 Å². The van der Waals surface area contributed by atoms with Gasteiger partial charge in [-0.3, -0.25) is 0 Å². The summed E-state index contributed by atoms with van der Waals surface area (Å²) in [6.07, 6.45) is -0.744. The van der Waals surface area contributed by atoms with Crippen molar-refractivity contribution in [3.63, 3.8) is 0 Å². The molecule has 7 nitrogen and oxygen atoms in total. The molecule has 0 saturated heterocycles. The SMILES string of the molecule is COc1ccc(CC(NC(=O)OCC2c3ccccc3-c3ccccc32)C(=O)O)c(OC)c1C. The number of hydrogen-bond acceptors (Lipinski definition) is 5. The van der Waals surface area contributed by atoms with Gasteiger partial charge in [0.25, 0.3) is 0 Å². The first kappa shape index (κ1) is 23.2. The summed E-state index contributed by atoms with van der Waals surface area (Å²) in [4.78, 5) is 24.5. The first-order valence-corrected chi connectivity index (χ1v) is 11.0. The zero-order valence-corrected chi connectivity index (χ0v) is 19.3. The van der Waals surface area contributed by atoms with Crippen molar-refractivity contribution < 1.29 is 28.9 Å².